The number of ether oxygens (including phenoxy) is 1. The van der Waals surface area contributed by atoms with Crippen LogP contribution in [0.15, 0.2) is 36.5 Å². The molecule has 11 heteroatoms. The van der Waals surface area contributed by atoms with Crippen molar-refractivity contribution < 1.29 is 22.7 Å². The van der Waals surface area contributed by atoms with Gasteiger partial charge in [0, 0.05) is 18.1 Å². The number of carbonyl (C=O) groups is 1. The maximum atomic E-state index is 14.2. The van der Waals surface area contributed by atoms with E-state index in [2.05, 4.69) is 14.7 Å². The second-order valence-electron chi connectivity index (χ2n) is 6.61. The molecule has 0 bridgehead atoms. The van der Waals surface area contributed by atoms with Gasteiger partial charge in [0.05, 0.1) is 18.4 Å². The number of benzene rings is 1. The molecule has 0 atom stereocenters. The minimum atomic E-state index is -0.977. The lowest BCUT2D eigenvalue weighted by Gasteiger charge is -2.11. The number of nitrogens with zero attached hydrogens (tertiary/aromatic N) is 3. The Morgan fingerprint density at radius 2 is 1.84 bits per heavy atom. The van der Waals surface area contributed by atoms with Crippen molar-refractivity contribution in [1.29, 1.82) is 0 Å². The van der Waals surface area contributed by atoms with Crippen molar-refractivity contribution >= 4 is 35.5 Å². The van der Waals surface area contributed by atoms with Crippen LogP contribution in [0.25, 0.3) is 11.3 Å². The molecule has 0 fully saturated rings. The van der Waals surface area contributed by atoms with Crippen molar-refractivity contribution in [3.05, 3.63) is 59.7 Å². The molecule has 3 rings (SSSR count). The number of amides is 1. The normalized spacial score (nSPS) is 10.6. The van der Waals surface area contributed by atoms with Gasteiger partial charge in [0.15, 0.2) is 0 Å². The molecule has 0 aliphatic rings. The first-order chi connectivity index (χ1) is 14.4. The topological polar surface area (TPSA) is 67.3 Å². The number of nitrogens with one attached hydrogen (secondary N) is 1. The zero-order valence-corrected chi connectivity index (χ0v) is 18.3. The van der Waals surface area contributed by atoms with E-state index in [-0.39, 0.29) is 18.1 Å². The third-order valence-corrected chi connectivity index (χ3v) is 4.76. The minimum Gasteiger partial charge on any atom is -0.481 e. The van der Waals surface area contributed by atoms with Crippen LogP contribution in [0, 0.1) is 17.5 Å². The summed E-state index contributed by atoms with van der Waals surface area (Å²) in [7, 11) is 3.91. The van der Waals surface area contributed by atoms with Gasteiger partial charge in [-0.3, -0.25) is 4.79 Å². The van der Waals surface area contributed by atoms with Crippen LogP contribution in [-0.4, -0.2) is 47.4 Å². The van der Waals surface area contributed by atoms with E-state index in [9.17, 15) is 18.0 Å². The fourth-order valence-electron chi connectivity index (χ4n) is 2.62. The largest absolute Gasteiger partial charge is 0.481 e. The molecule has 31 heavy (non-hydrogen) atoms. The first kappa shape index (κ1) is 24.6. The van der Waals surface area contributed by atoms with Crippen LogP contribution in [0.1, 0.15) is 16.9 Å². The summed E-state index contributed by atoms with van der Waals surface area (Å²) >= 11 is 1.07. The average Bonchev–Trinajstić information content (AvgIpc) is 3.13. The second kappa shape index (κ2) is 11.1. The molecule has 0 spiro atoms. The van der Waals surface area contributed by atoms with Crippen molar-refractivity contribution in [2.24, 2.45) is 0 Å². The van der Waals surface area contributed by atoms with E-state index in [1.54, 1.807) is 0 Å². The number of hydrogen-bond donors (Lipinski definition) is 1. The molecule has 1 N–H and O–H groups in total. The maximum absolute atomic E-state index is 14.2. The third-order valence-electron chi connectivity index (χ3n) is 4.05. The Bertz CT molecular complexity index is 1030. The summed E-state index contributed by atoms with van der Waals surface area (Å²) in [6.45, 7) is 1.28. The van der Waals surface area contributed by atoms with E-state index in [1.807, 2.05) is 19.0 Å². The molecule has 2 heterocycles. The van der Waals surface area contributed by atoms with Crippen LogP contribution >= 0.6 is 23.9 Å². The standard InChI is InChI=1S/C20H19F3N4O2S.ClH/c1-27(2)9-4-10-29-20-16(11-24-30-20)26-19(28)15-8-7-14(23)18(25-15)17-12(21)5-3-6-13(17)22;/h3,5-8,11H,4,9-10H2,1-2H3,(H,26,28);1H. The Kier molecular flexibility index (Phi) is 8.78. The average molecular weight is 473 g/mol. The van der Waals surface area contributed by atoms with Gasteiger partial charge < -0.3 is 15.0 Å². The van der Waals surface area contributed by atoms with Gasteiger partial charge in [-0.2, -0.15) is 4.37 Å². The van der Waals surface area contributed by atoms with Crippen molar-refractivity contribution in [1.82, 2.24) is 14.3 Å². The van der Waals surface area contributed by atoms with Gasteiger partial charge in [0.2, 0.25) is 5.06 Å². The Morgan fingerprint density at radius 3 is 2.52 bits per heavy atom. The van der Waals surface area contributed by atoms with Crippen LogP contribution in [0.2, 0.25) is 0 Å². The molecular formula is C20H20ClF3N4O2S. The molecule has 0 aliphatic carbocycles. The summed E-state index contributed by atoms with van der Waals surface area (Å²) in [5.74, 6) is -3.59. The van der Waals surface area contributed by atoms with Gasteiger partial charge in [0.1, 0.15) is 34.5 Å². The van der Waals surface area contributed by atoms with Gasteiger partial charge in [-0.05, 0) is 44.8 Å². The molecular weight excluding hydrogens is 453 g/mol. The number of aromatic nitrogens is 2. The Labute approximate surface area is 187 Å². The summed E-state index contributed by atoms with van der Waals surface area (Å²) in [5, 5.41) is 3.01. The summed E-state index contributed by atoms with van der Waals surface area (Å²) in [6, 6.07) is 5.21. The summed E-state index contributed by atoms with van der Waals surface area (Å²) in [6.07, 6.45) is 2.21. The number of rotatable bonds is 8. The van der Waals surface area contributed by atoms with E-state index in [0.717, 1.165) is 54.8 Å². The molecule has 0 saturated carbocycles. The van der Waals surface area contributed by atoms with Crippen molar-refractivity contribution in [2.75, 3.05) is 32.6 Å². The molecule has 1 amide bonds. The van der Waals surface area contributed by atoms with Gasteiger partial charge in [-0.15, -0.1) is 12.4 Å². The smallest absolute Gasteiger partial charge is 0.274 e. The van der Waals surface area contributed by atoms with E-state index < -0.39 is 34.6 Å². The Morgan fingerprint density at radius 1 is 1.13 bits per heavy atom. The zero-order chi connectivity index (χ0) is 21.7. The van der Waals surface area contributed by atoms with Gasteiger partial charge >= 0.3 is 0 Å². The van der Waals surface area contributed by atoms with Crippen LogP contribution in [0.5, 0.6) is 5.06 Å². The number of carbonyl (C=O) groups excluding carboxylic acids is 1. The lowest BCUT2D eigenvalue weighted by molar-refractivity contribution is 0.102. The molecule has 3 aromatic rings. The highest BCUT2D eigenvalue weighted by Crippen LogP contribution is 2.30. The van der Waals surface area contributed by atoms with Crippen LogP contribution in [-0.2, 0) is 0 Å². The predicted octanol–water partition coefficient (Wildman–Crippen LogP) is 4.63. The van der Waals surface area contributed by atoms with Gasteiger partial charge in [-0.1, -0.05) is 6.07 Å². The molecule has 1 aromatic carbocycles. The zero-order valence-electron chi connectivity index (χ0n) is 16.7. The lowest BCUT2D eigenvalue weighted by atomic mass is 10.1. The molecule has 0 saturated heterocycles. The number of halogens is 4. The lowest BCUT2D eigenvalue weighted by Crippen LogP contribution is -2.16. The molecule has 0 unspecified atom stereocenters. The molecule has 2 aromatic heterocycles. The highest BCUT2D eigenvalue weighted by molar-refractivity contribution is 7.08. The van der Waals surface area contributed by atoms with E-state index >= 15 is 0 Å². The highest BCUT2D eigenvalue weighted by Gasteiger charge is 2.20. The molecule has 6 nitrogen and oxygen atoms in total. The quantitative estimate of drug-likeness (QED) is 0.484. The van der Waals surface area contributed by atoms with E-state index in [1.165, 1.54) is 6.20 Å². The number of anilines is 1. The fraction of sp³-hybridized carbons (Fsp3) is 0.250. The number of hydrogen-bond acceptors (Lipinski definition) is 6. The first-order valence-electron chi connectivity index (χ1n) is 9.01. The minimum absolute atomic E-state index is 0. The number of pyridine rings is 1. The fourth-order valence-corrected chi connectivity index (χ4v) is 3.21. The third kappa shape index (κ3) is 6.16. The summed E-state index contributed by atoms with van der Waals surface area (Å²) in [5.41, 5.74) is -1.09. The monoisotopic (exact) mass is 472 g/mol. The SMILES string of the molecule is CN(C)CCCOc1sncc1NC(=O)c1ccc(F)c(-c2c(F)cccc2F)n1.Cl. The first-order valence-corrected chi connectivity index (χ1v) is 9.78. The van der Waals surface area contributed by atoms with Crippen molar-refractivity contribution in [3.8, 4) is 16.3 Å². The molecule has 166 valence electrons. The van der Waals surface area contributed by atoms with Crippen molar-refractivity contribution in [2.45, 2.75) is 6.42 Å². The van der Waals surface area contributed by atoms with Gasteiger partial charge in [0.25, 0.3) is 5.91 Å². The Hall–Kier alpha value is -2.69. The van der Waals surface area contributed by atoms with Gasteiger partial charge in [-0.25, -0.2) is 18.2 Å². The van der Waals surface area contributed by atoms with E-state index in [0.29, 0.717) is 17.4 Å². The Balaban J connectivity index is 0.00000341. The van der Waals surface area contributed by atoms with E-state index in [4.69, 9.17) is 4.74 Å². The predicted molar refractivity (Wildman–Crippen MR) is 116 cm³/mol. The summed E-state index contributed by atoms with van der Waals surface area (Å²) in [4.78, 5) is 18.4. The van der Waals surface area contributed by atoms with Crippen LogP contribution in [0.4, 0.5) is 18.9 Å². The second-order valence-corrected chi connectivity index (χ2v) is 7.37. The molecule has 0 radical (unpaired) electrons. The maximum Gasteiger partial charge on any atom is 0.274 e. The van der Waals surface area contributed by atoms with Crippen LogP contribution < -0.4 is 10.1 Å². The summed E-state index contributed by atoms with van der Waals surface area (Å²) < 4.78 is 51.9. The van der Waals surface area contributed by atoms with Crippen molar-refractivity contribution in [3.63, 3.8) is 0 Å². The highest BCUT2D eigenvalue weighted by atomic mass is 35.5. The van der Waals surface area contributed by atoms with Crippen LogP contribution in [0.3, 0.4) is 0 Å². The molecule has 0 aliphatic heterocycles.